The number of rotatable bonds is 4. The Labute approximate surface area is 129 Å². The van der Waals surface area contributed by atoms with E-state index in [4.69, 9.17) is 0 Å². The zero-order valence-corrected chi connectivity index (χ0v) is 12.3. The molecule has 0 amide bonds. The Hall–Kier alpha value is -3.16. The second kappa shape index (κ2) is 5.56. The number of fused-ring (bicyclic) bond motifs is 1. The summed E-state index contributed by atoms with van der Waals surface area (Å²) >= 11 is 0. The maximum atomic E-state index is 12.6. The third-order valence-corrected chi connectivity index (χ3v) is 3.73. The highest BCUT2D eigenvalue weighted by molar-refractivity contribution is 5.78. The van der Waals surface area contributed by atoms with Crippen LogP contribution >= 0.6 is 0 Å². The van der Waals surface area contributed by atoms with Gasteiger partial charge in [-0.3, -0.25) is 4.79 Å². The van der Waals surface area contributed by atoms with E-state index in [1.165, 1.54) is 6.20 Å². The van der Waals surface area contributed by atoms with Crippen molar-refractivity contribution in [3.8, 4) is 0 Å². The molecule has 0 fully saturated rings. The van der Waals surface area contributed by atoms with Crippen molar-refractivity contribution in [2.24, 2.45) is 7.05 Å². The summed E-state index contributed by atoms with van der Waals surface area (Å²) in [5, 5.41) is 9.75. The fourth-order valence-corrected chi connectivity index (χ4v) is 2.51. The first-order valence-corrected chi connectivity index (χ1v) is 6.91. The Bertz CT molecular complexity index is 998. The van der Waals surface area contributed by atoms with Crippen LogP contribution < -0.4 is 11.2 Å². The minimum Gasteiger partial charge on any atom is -0.480 e. The van der Waals surface area contributed by atoms with E-state index in [1.54, 1.807) is 42.1 Å². The Morgan fingerprint density at radius 1 is 1.35 bits per heavy atom. The summed E-state index contributed by atoms with van der Waals surface area (Å²) in [6.07, 6.45) is 3.13. The van der Waals surface area contributed by atoms with Crippen molar-refractivity contribution in [1.29, 1.82) is 0 Å². The van der Waals surface area contributed by atoms with E-state index in [0.717, 1.165) is 4.57 Å². The number of H-pyrrole nitrogens is 1. The Morgan fingerprint density at radius 2 is 2.09 bits per heavy atom. The number of hydrogen-bond donors (Lipinski definition) is 2. The molecule has 0 aliphatic heterocycles. The van der Waals surface area contributed by atoms with Crippen LogP contribution in [0.25, 0.3) is 10.9 Å². The molecule has 0 aliphatic carbocycles. The highest BCUT2D eigenvalue weighted by atomic mass is 16.4. The van der Waals surface area contributed by atoms with Crippen LogP contribution in [0.15, 0.2) is 46.2 Å². The summed E-state index contributed by atoms with van der Waals surface area (Å²) in [4.78, 5) is 43.0. The van der Waals surface area contributed by atoms with Gasteiger partial charge in [0, 0.05) is 25.9 Å². The number of aryl methyl sites for hydroxylation is 1. The molecule has 8 nitrogen and oxygen atoms in total. The smallest absolute Gasteiger partial charge is 0.329 e. The molecule has 1 atom stereocenters. The van der Waals surface area contributed by atoms with E-state index < -0.39 is 23.3 Å². The lowest BCUT2D eigenvalue weighted by molar-refractivity contribution is -0.141. The largest absolute Gasteiger partial charge is 0.480 e. The molecule has 1 unspecified atom stereocenters. The van der Waals surface area contributed by atoms with Gasteiger partial charge in [-0.05, 0) is 12.1 Å². The number of carbonyl (C=O) groups is 1. The second-order valence-corrected chi connectivity index (χ2v) is 5.16. The summed E-state index contributed by atoms with van der Waals surface area (Å²) in [6.45, 7) is 0. The molecular weight excluding hydrogens is 300 g/mol. The lowest BCUT2D eigenvalue weighted by atomic mass is 10.1. The average Bonchev–Trinajstić information content (AvgIpc) is 2.91. The molecule has 2 heterocycles. The minimum absolute atomic E-state index is 0.0693. The lowest BCUT2D eigenvalue weighted by Crippen LogP contribution is -2.42. The number of aliphatic carboxylic acids is 1. The average molecular weight is 314 g/mol. The van der Waals surface area contributed by atoms with Gasteiger partial charge in [-0.15, -0.1) is 0 Å². The zero-order valence-electron chi connectivity index (χ0n) is 12.3. The maximum absolute atomic E-state index is 12.6. The normalized spacial score (nSPS) is 12.4. The molecule has 2 aromatic heterocycles. The highest BCUT2D eigenvalue weighted by Crippen LogP contribution is 2.12. The number of para-hydroxylation sites is 1. The monoisotopic (exact) mass is 314 g/mol. The molecule has 23 heavy (non-hydrogen) atoms. The van der Waals surface area contributed by atoms with Crippen LogP contribution in [0.1, 0.15) is 11.9 Å². The van der Waals surface area contributed by atoms with Crippen molar-refractivity contribution in [1.82, 2.24) is 19.1 Å². The van der Waals surface area contributed by atoms with Crippen molar-refractivity contribution in [2.45, 2.75) is 12.5 Å². The van der Waals surface area contributed by atoms with Crippen molar-refractivity contribution >= 4 is 16.9 Å². The Morgan fingerprint density at radius 3 is 2.74 bits per heavy atom. The SMILES string of the molecule is Cn1ccnc1CC(C(=O)O)n1c(=O)[nH]c2ccccc2c1=O. The third-order valence-electron chi connectivity index (χ3n) is 3.73. The number of benzene rings is 1. The number of hydrogen-bond acceptors (Lipinski definition) is 4. The van der Waals surface area contributed by atoms with Crippen LogP contribution in [0, 0.1) is 0 Å². The molecular formula is C15H14N4O4. The summed E-state index contributed by atoms with van der Waals surface area (Å²) in [7, 11) is 1.72. The van der Waals surface area contributed by atoms with Crippen LogP contribution in [-0.2, 0) is 18.3 Å². The molecule has 0 bridgehead atoms. The van der Waals surface area contributed by atoms with Gasteiger partial charge < -0.3 is 14.7 Å². The van der Waals surface area contributed by atoms with E-state index in [0.29, 0.717) is 11.3 Å². The first kappa shape index (κ1) is 14.8. The summed E-state index contributed by atoms with van der Waals surface area (Å²) in [5.41, 5.74) is -1.01. The molecule has 1 aromatic carbocycles. The molecule has 3 aromatic rings. The predicted molar refractivity (Wildman–Crippen MR) is 82.4 cm³/mol. The van der Waals surface area contributed by atoms with E-state index in [-0.39, 0.29) is 11.8 Å². The van der Waals surface area contributed by atoms with E-state index in [2.05, 4.69) is 9.97 Å². The van der Waals surface area contributed by atoms with Crippen molar-refractivity contribution in [3.63, 3.8) is 0 Å². The summed E-state index contributed by atoms with van der Waals surface area (Å²) < 4.78 is 2.38. The standard InChI is InChI=1S/C15H14N4O4/c1-18-7-6-16-12(18)8-11(14(21)22)19-13(20)9-4-2-3-5-10(9)17-15(19)23/h2-7,11H,8H2,1H3,(H,17,23)(H,21,22). The van der Waals surface area contributed by atoms with Crippen LogP contribution in [-0.4, -0.2) is 30.2 Å². The van der Waals surface area contributed by atoms with E-state index >= 15 is 0 Å². The maximum Gasteiger partial charge on any atom is 0.329 e. The number of carboxylic acids is 1. The molecule has 0 spiro atoms. The highest BCUT2D eigenvalue weighted by Gasteiger charge is 2.26. The minimum atomic E-state index is -1.34. The quantitative estimate of drug-likeness (QED) is 0.719. The molecule has 2 N–H and O–H groups in total. The van der Waals surface area contributed by atoms with Crippen LogP contribution in [0.3, 0.4) is 0 Å². The number of imidazole rings is 1. The van der Waals surface area contributed by atoms with Crippen molar-refractivity contribution in [2.75, 3.05) is 0 Å². The van der Waals surface area contributed by atoms with Gasteiger partial charge in [-0.1, -0.05) is 12.1 Å². The molecule has 3 rings (SSSR count). The molecule has 0 saturated heterocycles. The van der Waals surface area contributed by atoms with Gasteiger partial charge in [0.05, 0.1) is 10.9 Å². The topological polar surface area (TPSA) is 110 Å². The molecule has 0 saturated carbocycles. The van der Waals surface area contributed by atoms with Crippen LogP contribution in [0.5, 0.6) is 0 Å². The fourth-order valence-electron chi connectivity index (χ4n) is 2.51. The first-order chi connectivity index (χ1) is 11.0. The van der Waals surface area contributed by atoms with Crippen molar-refractivity contribution in [3.05, 3.63) is 63.3 Å². The molecule has 0 aliphatic rings. The number of nitrogens with one attached hydrogen (secondary N) is 1. The van der Waals surface area contributed by atoms with Gasteiger partial charge >= 0.3 is 11.7 Å². The predicted octanol–water partition coefficient (Wildman–Crippen LogP) is 0.292. The van der Waals surface area contributed by atoms with Crippen LogP contribution in [0.2, 0.25) is 0 Å². The number of carboxylic acid groups (broad SMARTS) is 1. The van der Waals surface area contributed by atoms with Gasteiger partial charge in [-0.25, -0.2) is 19.1 Å². The number of aromatic nitrogens is 4. The van der Waals surface area contributed by atoms with Crippen molar-refractivity contribution < 1.29 is 9.90 Å². The zero-order chi connectivity index (χ0) is 16.6. The third kappa shape index (κ3) is 2.54. The van der Waals surface area contributed by atoms with Gasteiger partial charge in [0.15, 0.2) is 0 Å². The number of aromatic amines is 1. The van der Waals surface area contributed by atoms with Gasteiger partial charge in [0.25, 0.3) is 5.56 Å². The fraction of sp³-hybridized carbons (Fsp3) is 0.200. The first-order valence-electron chi connectivity index (χ1n) is 6.91. The molecule has 0 radical (unpaired) electrons. The van der Waals surface area contributed by atoms with Gasteiger partial charge in [0.1, 0.15) is 11.9 Å². The Balaban J connectivity index is 2.19. The van der Waals surface area contributed by atoms with E-state index in [9.17, 15) is 19.5 Å². The molecule has 8 heteroatoms. The van der Waals surface area contributed by atoms with Crippen LogP contribution in [0.4, 0.5) is 0 Å². The summed E-state index contributed by atoms with van der Waals surface area (Å²) in [6, 6.07) is 5.14. The van der Waals surface area contributed by atoms with Gasteiger partial charge in [0.2, 0.25) is 0 Å². The Kier molecular flexibility index (Phi) is 3.57. The lowest BCUT2D eigenvalue weighted by Gasteiger charge is -2.15. The second-order valence-electron chi connectivity index (χ2n) is 5.16. The van der Waals surface area contributed by atoms with E-state index in [1.807, 2.05) is 0 Å². The number of nitrogens with zero attached hydrogens (tertiary/aromatic N) is 3. The molecule has 118 valence electrons. The van der Waals surface area contributed by atoms with Gasteiger partial charge in [-0.2, -0.15) is 0 Å². The summed E-state index contributed by atoms with van der Waals surface area (Å²) in [5.74, 6) is -0.798.